The van der Waals surface area contributed by atoms with E-state index in [4.69, 9.17) is 23.7 Å². The summed E-state index contributed by atoms with van der Waals surface area (Å²) in [6.07, 6.45) is 1.65. The molecule has 5 rings (SSSR count). The first kappa shape index (κ1) is 36.4. The molecule has 50 heavy (non-hydrogen) atoms. The van der Waals surface area contributed by atoms with Gasteiger partial charge in [0, 0.05) is 0 Å². The van der Waals surface area contributed by atoms with E-state index in [9.17, 15) is 19.5 Å². The predicted octanol–water partition coefficient (Wildman–Crippen LogP) is 6.03. The number of esters is 1. The maximum Gasteiger partial charge on any atom is 0.338 e. The molecule has 0 unspecified atom stereocenters. The first-order chi connectivity index (χ1) is 23.9. The van der Waals surface area contributed by atoms with Gasteiger partial charge in [-0.3, -0.25) is 9.36 Å². The molecule has 1 aliphatic heterocycles. The average molecular weight is 766 g/mol. The summed E-state index contributed by atoms with van der Waals surface area (Å²) in [5.74, 6) is 0.352. The highest BCUT2D eigenvalue weighted by Crippen LogP contribution is 2.39. The Morgan fingerprint density at radius 1 is 1.02 bits per heavy atom. The van der Waals surface area contributed by atoms with Crippen molar-refractivity contribution in [2.24, 2.45) is 4.99 Å². The van der Waals surface area contributed by atoms with Crippen LogP contribution in [0.1, 0.15) is 67.7 Å². The van der Waals surface area contributed by atoms with Crippen LogP contribution in [0.15, 0.2) is 80.1 Å². The van der Waals surface area contributed by atoms with Crippen molar-refractivity contribution in [3.8, 4) is 23.0 Å². The van der Waals surface area contributed by atoms with Crippen molar-refractivity contribution >= 4 is 45.3 Å². The number of nitrogens with zero attached hydrogens (tertiary/aromatic N) is 2. The molecule has 1 aliphatic rings. The van der Waals surface area contributed by atoms with Crippen molar-refractivity contribution in [3.63, 3.8) is 0 Å². The van der Waals surface area contributed by atoms with Gasteiger partial charge in [0.2, 0.25) is 0 Å². The number of thiazole rings is 1. The molecule has 0 radical (unpaired) electrons. The zero-order valence-electron chi connectivity index (χ0n) is 28.4. The van der Waals surface area contributed by atoms with Crippen LogP contribution in [0.2, 0.25) is 0 Å². The lowest BCUT2D eigenvalue weighted by molar-refractivity contribution is -0.139. The minimum Gasteiger partial charge on any atom is -0.493 e. The van der Waals surface area contributed by atoms with E-state index in [2.05, 4.69) is 20.9 Å². The number of methoxy groups -OCH3 is 1. The van der Waals surface area contributed by atoms with Crippen LogP contribution in [0, 0.1) is 0 Å². The fraction of sp³-hybridized carbons (Fsp3) is 0.297. The predicted molar refractivity (Wildman–Crippen MR) is 192 cm³/mol. The van der Waals surface area contributed by atoms with Crippen molar-refractivity contribution in [2.75, 3.05) is 20.3 Å². The van der Waals surface area contributed by atoms with E-state index < -0.39 is 18.0 Å². The third kappa shape index (κ3) is 7.79. The van der Waals surface area contributed by atoms with Crippen LogP contribution in [0.3, 0.4) is 0 Å². The molecule has 1 atom stereocenters. The SMILES string of the molecule is CCOC(=O)C1=C(C)N=c2s/c(=C\c3cc(Br)c(OCc4ccc(C(=O)O)cc4)c(OCC)c3)c(=O)n2[C@H]1c1ccc(OC(C)C)c(OC)c1. The summed E-state index contributed by atoms with van der Waals surface area (Å²) >= 11 is 4.80. The summed E-state index contributed by atoms with van der Waals surface area (Å²) in [5.41, 5.74) is 2.62. The molecule has 2 heterocycles. The van der Waals surface area contributed by atoms with Gasteiger partial charge in [-0.05, 0) is 110 Å². The van der Waals surface area contributed by atoms with E-state index in [0.717, 1.165) is 5.56 Å². The first-order valence-corrected chi connectivity index (χ1v) is 17.5. The smallest absolute Gasteiger partial charge is 0.338 e. The van der Waals surface area contributed by atoms with Crippen molar-refractivity contribution in [1.82, 2.24) is 4.57 Å². The maximum atomic E-state index is 14.2. The third-order valence-corrected chi connectivity index (χ3v) is 9.17. The molecule has 0 amide bonds. The molecule has 0 aliphatic carbocycles. The van der Waals surface area contributed by atoms with Gasteiger partial charge in [-0.2, -0.15) is 0 Å². The zero-order chi connectivity index (χ0) is 36.1. The molecular formula is C37H37BrN2O9S. The largest absolute Gasteiger partial charge is 0.493 e. The summed E-state index contributed by atoms with van der Waals surface area (Å²) in [6.45, 7) is 9.83. The number of carbonyl (C=O) groups excluding carboxylic acids is 1. The second-order valence-corrected chi connectivity index (χ2v) is 13.3. The number of carbonyl (C=O) groups is 2. The molecule has 0 bridgehead atoms. The highest BCUT2D eigenvalue weighted by atomic mass is 79.9. The Kier molecular flexibility index (Phi) is 11.5. The summed E-state index contributed by atoms with van der Waals surface area (Å²) in [4.78, 5) is 43.9. The monoisotopic (exact) mass is 764 g/mol. The molecule has 3 aromatic carbocycles. The van der Waals surface area contributed by atoms with Gasteiger partial charge in [-0.25, -0.2) is 14.6 Å². The molecule has 0 saturated carbocycles. The van der Waals surface area contributed by atoms with E-state index in [0.29, 0.717) is 60.2 Å². The summed E-state index contributed by atoms with van der Waals surface area (Å²) in [6, 6.07) is 14.5. The Morgan fingerprint density at radius 2 is 1.76 bits per heavy atom. The normalized spacial score (nSPS) is 14.2. The number of fused-ring (bicyclic) bond motifs is 1. The summed E-state index contributed by atoms with van der Waals surface area (Å²) < 4.78 is 31.5. The fourth-order valence-electron chi connectivity index (χ4n) is 5.44. The number of allylic oxidation sites excluding steroid dienone is 1. The number of aromatic carboxylic acids is 1. The quantitative estimate of drug-likeness (QED) is 0.162. The molecule has 1 aromatic heterocycles. The maximum absolute atomic E-state index is 14.2. The molecule has 262 valence electrons. The van der Waals surface area contributed by atoms with Gasteiger partial charge < -0.3 is 28.8 Å². The van der Waals surface area contributed by atoms with E-state index in [-0.39, 0.29) is 36.0 Å². The van der Waals surface area contributed by atoms with Gasteiger partial charge >= 0.3 is 11.9 Å². The summed E-state index contributed by atoms with van der Waals surface area (Å²) in [7, 11) is 1.54. The van der Waals surface area contributed by atoms with Gasteiger partial charge in [0.1, 0.15) is 6.61 Å². The molecule has 11 nitrogen and oxygen atoms in total. The Bertz CT molecular complexity index is 2140. The van der Waals surface area contributed by atoms with Gasteiger partial charge in [-0.15, -0.1) is 0 Å². The van der Waals surface area contributed by atoms with E-state index in [1.165, 1.54) is 35.1 Å². The van der Waals surface area contributed by atoms with E-state index in [1.807, 2.05) is 32.9 Å². The second-order valence-electron chi connectivity index (χ2n) is 11.4. The van der Waals surface area contributed by atoms with Gasteiger partial charge in [0.15, 0.2) is 27.8 Å². The molecular weight excluding hydrogens is 728 g/mol. The number of carboxylic acids is 1. The molecule has 0 fully saturated rings. The minimum absolute atomic E-state index is 0.0913. The number of hydrogen-bond donors (Lipinski definition) is 1. The standard InChI is InChI=1S/C37H37BrN2O9S/c1-7-46-29-16-23(15-26(38)33(29)48-19-22-9-11-24(12-10-22)35(42)43)17-30-34(41)40-32(25-13-14-27(49-20(3)4)28(18-25)45-6)31(36(44)47-8-2)21(5)39-37(40)50-30/h9-18,20,32H,7-8,19H2,1-6H3,(H,42,43)/b30-17-/t32-/m0/s1. The van der Waals surface area contributed by atoms with E-state index in [1.54, 1.807) is 50.3 Å². The van der Waals surface area contributed by atoms with Gasteiger partial charge in [0.25, 0.3) is 5.56 Å². The lowest BCUT2D eigenvalue weighted by Crippen LogP contribution is -2.40. The van der Waals surface area contributed by atoms with Gasteiger partial charge in [-0.1, -0.05) is 29.5 Å². The molecule has 4 aromatic rings. The Balaban J connectivity index is 1.57. The van der Waals surface area contributed by atoms with Crippen LogP contribution in [0.25, 0.3) is 6.08 Å². The van der Waals surface area contributed by atoms with Gasteiger partial charge in [0.05, 0.1) is 58.3 Å². The number of benzene rings is 3. The van der Waals surface area contributed by atoms with E-state index >= 15 is 0 Å². The fourth-order valence-corrected chi connectivity index (χ4v) is 7.06. The van der Waals surface area contributed by atoms with Crippen molar-refractivity contribution in [1.29, 1.82) is 0 Å². The Morgan fingerprint density at radius 3 is 2.40 bits per heavy atom. The average Bonchev–Trinajstić information content (AvgIpc) is 3.37. The summed E-state index contributed by atoms with van der Waals surface area (Å²) in [5, 5.41) is 9.18. The minimum atomic E-state index is -1.00. The van der Waals surface area contributed by atoms with Crippen LogP contribution < -0.4 is 33.8 Å². The highest BCUT2D eigenvalue weighted by molar-refractivity contribution is 9.10. The number of rotatable bonds is 13. The molecule has 0 spiro atoms. The Hall–Kier alpha value is -4.88. The number of halogens is 1. The van der Waals surface area contributed by atoms with Crippen LogP contribution in [-0.4, -0.2) is 48.0 Å². The van der Waals surface area contributed by atoms with Crippen LogP contribution >= 0.6 is 27.3 Å². The first-order valence-electron chi connectivity index (χ1n) is 15.9. The third-order valence-electron chi connectivity index (χ3n) is 7.60. The number of hydrogen-bond acceptors (Lipinski definition) is 10. The highest BCUT2D eigenvalue weighted by Gasteiger charge is 2.34. The second kappa shape index (κ2) is 15.8. The molecule has 13 heteroatoms. The van der Waals surface area contributed by atoms with Crippen LogP contribution in [0.5, 0.6) is 23.0 Å². The zero-order valence-corrected chi connectivity index (χ0v) is 30.8. The molecule has 0 saturated heterocycles. The van der Waals surface area contributed by atoms with Crippen molar-refractivity contribution in [3.05, 3.63) is 112 Å². The van der Waals surface area contributed by atoms with Crippen LogP contribution in [0.4, 0.5) is 0 Å². The topological polar surface area (TPSA) is 135 Å². The Labute approximate surface area is 301 Å². The lowest BCUT2D eigenvalue weighted by atomic mass is 9.95. The number of carboxylic acid groups (broad SMARTS) is 1. The van der Waals surface area contributed by atoms with Crippen molar-refractivity contribution < 1.29 is 38.4 Å². The lowest BCUT2D eigenvalue weighted by Gasteiger charge is -2.25. The molecule has 1 N–H and O–H groups in total. The number of aromatic nitrogens is 1. The van der Waals surface area contributed by atoms with Crippen molar-refractivity contribution in [2.45, 2.75) is 53.4 Å². The number of ether oxygens (including phenoxy) is 5. The van der Waals surface area contributed by atoms with Crippen LogP contribution in [-0.2, 0) is 16.1 Å².